The van der Waals surface area contributed by atoms with Crippen LogP contribution in [0.4, 0.5) is 9.52 Å². The summed E-state index contributed by atoms with van der Waals surface area (Å²) in [5, 5.41) is 11.7. The van der Waals surface area contributed by atoms with Crippen LogP contribution in [0.1, 0.15) is 12.5 Å². The zero-order chi connectivity index (χ0) is 17.7. The number of aliphatic imine (C=N–C) groups is 1. The predicted octanol–water partition coefficient (Wildman–Crippen LogP) is 4.22. The van der Waals surface area contributed by atoms with Crippen molar-refractivity contribution in [2.75, 3.05) is 6.61 Å². The van der Waals surface area contributed by atoms with Crippen LogP contribution in [-0.4, -0.2) is 33.9 Å². The molecule has 0 saturated heterocycles. The summed E-state index contributed by atoms with van der Waals surface area (Å²) in [6.45, 7) is 1.67. The summed E-state index contributed by atoms with van der Waals surface area (Å²) < 4.78 is 18.5. The number of rotatable bonds is 5. The minimum Gasteiger partial charge on any atom is -0.506 e. The van der Waals surface area contributed by atoms with Crippen molar-refractivity contribution in [1.82, 2.24) is 9.97 Å². The van der Waals surface area contributed by atoms with E-state index in [9.17, 15) is 14.3 Å². The molecule has 0 aromatic carbocycles. The Morgan fingerprint density at radius 2 is 2.25 bits per heavy atom. The van der Waals surface area contributed by atoms with Gasteiger partial charge in [0.05, 0.1) is 12.2 Å². The van der Waals surface area contributed by atoms with Gasteiger partial charge < -0.3 is 9.84 Å². The number of nitrogens with zero attached hydrogens (tertiary/aromatic N) is 3. The van der Waals surface area contributed by atoms with E-state index in [4.69, 9.17) is 27.9 Å². The molecular formula is C14H10Cl2FN3O3S. The minimum absolute atomic E-state index is 0.0711. The highest BCUT2D eigenvalue weighted by Gasteiger charge is 2.20. The lowest BCUT2D eigenvalue weighted by Crippen LogP contribution is -2.11. The smallest absolute Gasteiger partial charge is 0.343 e. The van der Waals surface area contributed by atoms with Crippen molar-refractivity contribution in [2.24, 2.45) is 4.99 Å². The molecule has 0 atom stereocenters. The molecule has 0 aliphatic carbocycles. The Hall–Kier alpha value is -2.03. The third kappa shape index (κ3) is 4.28. The van der Waals surface area contributed by atoms with E-state index >= 15 is 0 Å². The number of halogens is 3. The number of carbonyl (C=O) groups is 1. The molecule has 126 valence electrons. The van der Waals surface area contributed by atoms with Crippen LogP contribution in [-0.2, 0) is 9.53 Å². The molecule has 0 aliphatic heterocycles. The largest absolute Gasteiger partial charge is 0.506 e. The highest BCUT2D eigenvalue weighted by Crippen LogP contribution is 2.27. The van der Waals surface area contributed by atoms with E-state index < -0.39 is 22.7 Å². The van der Waals surface area contributed by atoms with Crippen molar-refractivity contribution >= 4 is 57.6 Å². The molecule has 1 N–H and O–H groups in total. The van der Waals surface area contributed by atoms with Gasteiger partial charge in [0.25, 0.3) is 0 Å². The van der Waals surface area contributed by atoms with E-state index in [-0.39, 0.29) is 22.9 Å². The Balaban J connectivity index is 2.53. The van der Waals surface area contributed by atoms with Crippen LogP contribution in [0.2, 0.25) is 10.3 Å². The maximum atomic E-state index is 13.6. The zero-order valence-corrected chi connectivity index (χ0v) is 14.5. The highest BCUT2D eigenvalue weighted by molar-refractivity contribution is 7.13. The minimum atomic E-state index is -0.900. The topological polar surface area (TPSA) is 84.7 Å². The normalized spacial score (nSPS) is 12.3. The number of hydrogen-bond donors (Lipinski definition) is 1. The molecule has 0 amide bonds. The molecule has 0 bridgehead atoms. The highest BCUT2D eigenvalue weighted by atomic mass is 35.5. The Morgan fingerprint density at radius 3 is 2.88 bits per heavy atom. The van der Waals surface area contributed by atoms with E-state index in [0.717, 1.165) is 12.3 Å². The number of esters is 1. The third-order valence-corrected chi connectivity index (χ3v) is 3.85. The van der Waals surface area contributed by atoms with E-state index in [0.29, 0.717) is 5.13 Å². The molecule has 2 rings (SSSR count). The van der Waals surface area contributed by atoms with E-state index in [1.165, 1.54) is 17.5 Å². The van der Waals surface area contributed by atoms with Crippen molar-refractivity contribution in [3.8, 4) is 0 Å². The average molecular weight is 390 g/mol. The zero-order valence-electron chi connectivity index (χ0n) is 12.2. The van der Waals surface area contributed by atoms with Gasteiger partial charge in [-0.3, -0.25) is 0 Å². The lowest BCUT2D eigenvalue weighted by molar-refractivity contribution is -0.137. The molecule has 10 heteroatoms. The van der Waals surface area contributed by atoms with Crippen LogP contribution < -0.4 is 0 Å². The Morgan fingerprint density at radius 1 is 1.50 bits per heavy atom. The van der Waals surface area contributed by atoms with Crippen LogP contribution >= 0.6 is 34.5 Å². The van der Waals surface area contributed by atoms with Crippen molar-refractivity contribution in [1.29, 1.82) is 0 Å². The van der Waals surface area contributed by atoms with Gasteiger partial charge in [-0.1, -0.05) is 23.2 Å². The SMILES string of the molecule is CCOC(=O)C(/C=N/c1nccs1)=C(\O)c1cc(F)c(Cl)nc1Cl. The lowest BCUT2D eigenvalue weighted by atomic mass is 10.1. The van der Waals surface area contributed by atoms with Gasteiger partial charge in [0.2, 0.25) is 5.13 Å². The predicted molar refractivity (Wildman–Crippen MR) is 90.7 cm³/mol. The second-order valence-corrected chi connectivity index (χ2v) is 5.74. The van der Waals surface area contributed by atoms with Crippen molar-refractivity contribution in [3.63, 3.8) is 0 Å². The molecule has 2 aromatic rings. The van der Waals surface area contributed by atoms with Gasteiger partial charge in [-0.25, -0.2) is 24.1 Å². The second-order valence-electron chi connectivity index (χ2n) is 4.16. The van der Waals surface area contributed by atoms with Gasteiger partial charge in [-0.05, 0) is 13.0 Å². The van der Waals surface area contributed by atoms with Gasteiger partial charge in [-0.15, -0.1) is 11.3 Å². The van der Waals surface area contributed by atoms with Gasteiger partial charge >= 0.3 is 5.97 Å². The van der Waals surface area contributed by atoms with Gasteiger partial charge in [0.1, 0.15) is 16.5 Å². The number of thiazole rings is 1. The molecule has 0 fully saturated rings. The van der Waals surface area contributed by atoms with Crippen LogP contribution in [0, 0.1) is 5.82 Å². The number of carbonyl (C=O) groups excluding carboxylic acids is 1. The van der Waals surface area contributed by atoms with Crippen LogP contribution in [0.5, 0.6) is 0 Å². The molecule has 2 heterocycles. The molecule has 0 aliphatic rings. The fourth-order valence-electron chi connectivity index (χ4n) is 1.58. The monoisotopic (exact) mass is 389 g/mol. The van der Waals surface area contributed by atoms with E-state index in [1.807, 2.05) is 0 Å². The maximum absolute atomic E-state index is 13.6. The maximum Gasteiger partial charge on any atom is 0.343 e. The molecule has 6 nitrogen and oxygen atoms in total. The Kier molecular flexibility index (Phi) is 6.24. The second kappa shape index (κ2) is 8.18. The number of pyridine rings is 1. The number of aliphatic hydroxyl groups is 1. The summed E-state index contributed by atoms with van der Waals surface area (Å²) in [4.78, 5) is 23.5. The third-order valence-electron chi connectivity index (χ3n) is 2.62. The number of ether oxygens (including phenoxy) is 1. The summed E-state index contributed by atoms with van der Waals surface area (Å²) in [7, 11) is 0. The summed E-state index contributed by atoms with van der Waals surface area (Å²) in [6.07, 6.45) is 2.59. The first-order chi connectivity index (χ1) is 11.4. The molecule has 0 radical (unpaired) electrons. The van der Waals surface area contributed by atoms with Crippen LogP contribution in [0.3, 0.4) is 0 Å². The van der Waals surface area contributed by atoms with E-state index in [1.54, 1.807) is 12.3 Å². The van der Waals surface area contributed by atoms with E-state index in [2.05, 4.69) is 15.0 Å². The van der Waals surface area contributed by atoms with Crippen molar-refractivity contribution in [3.05, 3.63) is 44.9 Å². The van der Waals surface area contributed by atoms with Crippen LogP contribution in [0.15, 0.2) is 28.2 Å². The molecule has 0 saturated carbocycles. The van der Waals surface area contributed by atoms with Gasteiger partial charge in [0, 0.05) is 17.8 Å². The first-order valence-corrected chi connectivity index (χ1v) is 8.13. The molecule has 24 heavy (non-hydrogen) atoms. The number of hydrogen-bond acceptors (Lipinski definition) is 7. The molecule has 0 spiro atoms. The Bertz CT molecular complexity index is 810. The van der Waals surface area contributed by atoms with Gasteiger partial charge in [-0.2, -0.15) is 0 Å². The first-order valence-electron chi connectivity index (χ1n) is 6.49. The molecule has 2 aromatic heterocycles. The summed E-state index contributed by atoms with van der Waals surface area (Å²) in [6, 6.07) is 0.865. The Labute approximate surface area is 150 Å². The summed E-state index contributed by atoms with van der Waals surface area (Å²) in [5.74, 6) is -2.40. The van der Waals surface area contributed by atoms with Crippen molar-refractivity contribution in [2.45, 2.75) is 6.92 Å². The number of aromatic nitrogens is 2. The first kappa shape index (κ1) is 18.3. The summed E-state index contributed by atoms with van der Waals surface area (Å²) in [5.41, 5.74) is -0.537. The number of aliphatic hydroxyl groups excluding tert-OH is 1. The fraction of sp³-hybridized carbons (Fsp3) is 0.143. The summed E-state index contributed by atoms with van der Waals surface area (Å²) >= 11 is 12.6. The average Bonchev–Trinajstić information content (AvgIpc) is 3.04. The van der Waals surface area contributed by atoms with Gasteiger partial charge in [0.15, 0.2) is 11.0 Å². The fourth-order valence-corrected chi connectivity index (χ4v) is 2.47. The standard InChI is InChI=1S/C14H10Cl2FN3O3S/c1-2-23-13(22)8(6-19-14-18-3-4-24-14)10(21)7-5-9(17)12(16)20-11(7)15/h3-6,21H,2H2,1H3/b10-8-,19-6+. The quantitative estimate of drug-likeness (QED) is 0.272. The molecule has 0 unspecified atom stereocenters. The van der Waals surface area contributed by atoms with Crippen molar-refractivity contribution < 1.29 is 19.0 Å². The van der Waals surface area contributed by atoms with Crippen LogP contribution in [0.25, 0.3) is 5.76 Å². The molecular weight excluding hydrogens is 380 g/mol. The lowest BCUT2D eigenvalue weighted by Gasteiger charge is -2.08.